The monoisotopic (exact) mass is 243 g/mol. The summed E-state index contributed by atoms with van der Waals surface area (Å²) in [6.45, 7) is 1.18. The van der Waals surface area contributed by atoms with Crippen molar-refractivity contribution in [3.05, 3.63) is 0 Å². The normalized spacial score (nSPS) is 16.4. The summed E-state index contributed by atoms with van der Waals surface area (Å²) in [5, 5.41) is 3.49. The first-order valence-electron chi connectivity index (χ1n) is 3.87. The Kier molecular flexibility index (Phi) is 7.26. The standard InChI is InChI=1S/C6H14NO5PS/c1-4-10-5-6(2)7-11-12-13(8,14)9-3/h4-5H2,1-3H3,(H,8,14). The van der Waals surface area contributed by atoms with E-state index in [9.17, 15) is 0 Å². The zero-order valence-electron chi connectivity index (χ0n) is 8.30. The number of hydrogen-bond donors (Lipinski definition) is 1. The molecule has 0 fully saturated rings. The van der Waals surface area contributed by atoms with Crippen LogP contribution in [0.1, 0.15) is 13.8 Å². The fraction of sp³-hybridized carbons (Fsp3) is 0.833. The molecule has 1 N–H and O–H groups in total. The van der Waals surface area contributed by atoms with E-state index >= 15 is 0 Å². The van der Waals surface area contributed by atoms with Crippen molar-refractivity contribution in [1.29, 1.82) is 0 Å². The van der Waals surface area contributed by atoms with Crippen LogP contribution in [0.2, 0.25) is 0 Å². The average Bonchev–Trinajstić information content (AvgIpc) is 2.14. The molecule has 0 aliphatic rings. The van der Waals surface area contributed by atoms with Crippen molar-refractivity contribution in [2.45, 2.75) is 13.8 Å². The lowest BCUT2D eigenvalue weighted by atomic mass is 10.5. The molecule has 0 aromatic rings. The molecule has 0 rings (SSSR count). The summed E-state index contributed by atoms with van der Waals surface area (Å²) in [6, 6.07) is 0. The van der Waals surface area contributed by atoms with Gasteiger partial charge in [0, 0.05) is 13.7 Å². The first-order chi connectivity index (χ1) is 6.52. The molecule has 0 amide bonds. The zero-order valence-corrected chi connectivity index (χ0v) is 10.0. The van der Waals surface area contributed by atoms with Crippen LogP contribution in [-0.4, -0.2) is 30.9 Å². The van der Waals surface area contributed by atoms with E-state index in [1.807, 2.05) is 6.92 Å². The summed E-state index contributed by atoms with van der Waals surface area (Å²) in [6.07, 6.45) is 0. The maximum atomic E-state index is 9.07. The third-order valence-electron chi connectivity index (χ3n) is 1.07. The highest BCUT2D eigenvalue weighted by atomic mass is 32.5. The Labute approximate surface area is 88.0 Å². The highest BCUT2D eigenvalue weighted by molar-refractivity contribution is 8.07. The van der Waals surface area contributed by atoms with E-state index in [0.717, 1.165) is 0 Å². The summed E-state index contributed by atoms with van der Waals surface area (Å²) in [5.41, 5.74) is 0.568. The molecule has 0 radical (unpaired) electrons. The number of ether oxygens (including phenoxy) is 1. The Bertz CT molecular complexity index is 234. The van der Waals surface area contributed by atoms with E-state index in [0.29, 0.717) is 18.9 Å². The van der Waals surface area contributed by atoms with Gasteiger partial charge in [0.15, 0.2) is 0 Å². The molecule has 6 nitrogen and oxygen atoms in total. The van der Waals surface area contributed by atoms with Crippen molar-refractivity contribution in [2.24, 2.45) is 5.16 Å². The molecule has 1 unspecified atom stereocenters. The Balaban J connectivity index is 3.75. The second-order valence-electron chi connectivity index (χ2n) is 2.26. The van der Waals surface area contributed by atoms with Crippen LogP contribution < -0.4 is 0 Å². The fourth-order valence-electron chi connectivity index (χ4n) is 0.429. The van der Waals surface area contributed by atoms with Gasteiger partial charge >= 0.3 is 6.72 Å². The second kappa shape index (κ2) is 7.28. The third kappa shape index (κ3) is 7.37. The van der Waals surface area contributed by atoms with Crippen LogP contribution in [0.4, 0.5) is 0 Å². The van der Waals surface area contributed by atoms with Gasteiger partial charge in [0.2, 0.25) is 0 Å². The summed E-state index contributed by atoms with van der Waals surface area (Å²) < 4.78 is 13.8. The molecule has 84 valence electrons. The minimum absolute atomic E-state index is 0.334. The maximum absolute atomic E-state index is 9.07. The van der Waals surface area contributed by atoms with Gasteiger partial charge in [-0.05, 0) is 25.7 Å². The first kappa shape index (κ1) is 14.0. The van der Waals surface area contributed by atoms with Crippen LogP contribution in [0.15, 0.2) is 5.16 Å². The van der Waals surface area contributed by atoms with Crippen molar-refractivity contribution in [2.75, 3.05) is 20.3 Å². The van der Waals surface area contributed by atoms with Gasteiger partial charge in [0.05, 0.1) is 12.3 Å². The number of nitrogens with zero attached hydrogens (tertiary/aromatic N) is 1. The summed E-state index contributed by atoms with van der Waals surface area (Å²) in [4.78, 5) is 13.4. The molecule has 1 atom stereocenters. The molecular formula is C6H14NO5PS. The predicted molar refractivity (Wildman–Crippen MR) is 55.3 cm³/mol. The predicted octanol–water partition coefficient (Wildman–Crippen LogP) is 1.21. The van der Waals surface area contributed by atoms with E-state index in [4.69, 9.17) is 9.63 Å². The summed E-state index contributed by atoms with van der Waals surface area (Å²) in [7, 11) is 1.22. The van der Waals surface area contributed by atoms with Gasteiger partial charge in [-0.25, -0.2) is 4.99 Å². The minimum Gasteiger partial charge on any atom is -0.376 e. The van der Waals surface area contributed by atoms with E-state index < -0.39 is 6.72 Å². The third-order valence-corrected chi connectivity index (χ3v) is 2.41. The first-order valence-corrected chi connectivity index (χ1v) is 6.46. The van der Waals surface area contributed by atoms with Crippen LogP contribution in [-0.2, 0) is 30.7 Å². The second-order valence-corrected chi connectivity index (χ2v) is 5.10. The zero-order chi connectivity index (χ0) is 11.0. The van der Waals surface area contributed by atoms with Gasteiger partial charge in [0.25, 0.3) is 0 Å². The Morgan fingerprint density at radius 1 is 1.57 bits per heavy atom. The molecule has 14 heavy (non-hydrogen) atoms. The van der Waals surface area contributed by atoms with Crippen molar-refractivity contribution in [3.8, 4) is 0 Å². The highest BCUT2D eigenvalue weighted by Gasteiger charge is 2.14. The summed E-state index contributed by atoms with van der Waals surface area (Å²) in [5.74, 6) is 0. The quantitative estimate of drug-likeness (QED) is 0.314. The van der Waals surface area contributed by atoms with Crippen LogP contribution in [0.25, 0.3) is 0 Å². The van der Waals surface area contributed by atoms with Crippen molar-refractivity contribution >= 4 is 24.2 Å². The van der Waals surface area contributed by atoms with Gasteiger partial charge in [-0.15, -0.1) is 0 Å². The molecular weight excluding hydrogens is 229 g/mol. The topological polar surface area (TPSA) is 69.5 Å². The Hall–Kier alpha value is -0.0400. The molecule has 0 spiro atoms. The molecule has 0 aromatic carbocycles. The molecule has 0 saturated carbocycles. The number of rotatable bonds is 7. The molecule has 0 bridgehead atoms. The number of hydrogen-bond acceptors (Lipinski definition) is 6. The lowest BCUT2D eigenvalue weighted by Crippen LogP contribution is -2.05. The largest absolute Gasteiger partial charge is 0.376 e. The van der Waals surface area contributed by atoms with Gasteiger partial charge in [0.1, 0.15) is 0 Å². The SMILES string of the molecule is CCOCC(C)=NOOP(O)(=S)OC. The highest BCUT2D eigenvalue weighted by Crippen LogP contribution is 2.42. The van der Waals surface area contributed by atoms with E-state index in [-0.39, 0.29) is 0 Å². The molecule has 0 heterocycles. The molecule has 8 heteroatoms. The molecule has 0 aliphatic carbocycles. The van der Waals surface area contributed by atoms with Gasteiger partial charge in [-0.1, -0.05) is 9.83 Å². The molecule has 0 aromatic heterocycles. The number of oxime groups is 1. The van der Waals surface area contributed by atoms with Crippen LogP contribution in [0.3, 0.4) is 0 Å². The summed E-state index contributed by atoms with van der Waals surface area (Å²) >= 11 is 4.48. The van der Waals surface area contributed by atoms with Crippen molar-refractivity contribution in [3.63, 3.8) is 0 Å². The van der Waals surface area contributed by atoms with Crippen molar-refractivity contribution < 1.29 is 23.8 Å². The fourth-order valence-corrected chi connectivity index (χ4v) is 0.689. The molecule has 0 saturated heterocycles. The Morgan fingerprint density at radius 3 is 2.71 bits per heavy atom. The van der Waals surface area contributed by atoms with E-state index in [1.54, 1.807) is 6.92 Å². The smallest absolute Gasteiger partial charge is 0.367 e. The van der Waals surface area contributed by atoms with E-state index in [1.165, 1.54) is 7.11 Å². The Morgan fingerprint density at radius 2 is 2.21 bits per heavy atom. The average molecular weight is 243 g/mol. The lowest BCUT2D eigenvalue weighted by molar-refractivity contribution is -0.216. The van der Waals surface area contributed by atoms with Gasteiger partial charge < -0.3 is 14.2 Å². The maximum Gasteiger partial charge on any atom is 0.367 e. The van der Waals surface area contributed by atoms with E-state index in [2.05, 4.69) is 31.1 Å². The minimum atomic E-state index is -3.29. The molecule has 0 aliphatic heterocycles. The van der Waals surface area contributed by atoms with Gasteiger partial charge in [-0.3, -0.25) is 0 Å². The van der Waals surface area contributed by atoms with Crippen molar-refractivity contribution in [1.82, 2.24) is 0 Å². The van der Waals surface area contributed by atoms with Crippen LogP contribution >= 0.6 is 6.72 Å². The van der Waals surface area contributed by atoms with Gasteiger partial charge in [-0.2, -0.15) is 0 Å². The van der Waals surface area contributed by atoms with Crippen LogP contribution in [0.5, 0.6) is 0 Å². The lowest BCUT2D eigenvalue weighted by Gasteiger charge is -2.08. The van der Waals surface area contributed by atoms with Crippen LogP contribution in [0, 0.1) is 0 Å².